The van der Waals surface area contributed by atoms with Crippen molar-refractivity contribution in [2.24, 2.45) is 5.92 Å². The number of piperidine rings is 1. The number of carbonyl (C=O) groups excluding carboxylic acids is 1. The maximum absolute atomic E-state index is 13.8. The SMILES string of the molecule is CN1CC[C@@]23c4c5c(O)cc(Cc6ccccc6)c4C(=O)[C@@H]1[C@@H]2C=C[C@H](O)[C@@H]3O5. The van der Waals surface area contributed by atoms with Crippen molar-refractivity contribution in [3.63, 3.8) is 0 Å². The molecule has 2 aromatic rings. The number of Topliss-reactive ketones (excluding diaryl/α,β-unsaturated/α-hetero) is 1. The molecule has 6 rings (SSSR count). The maximum atomic E-state index is 13.8. The molecule has 148 valence electrons. The van der Waals surface area contributed by atoms with E-state index < -0.39 is 17.6 Å². The van der Waals surface area contributed by atoms with Gasteiger partial charge in [0.15, 0.2) is 17.3 Å². The van der Waals surface area contributed by atoms with Crippen LogP contribution in [0.2, 0.25) is 0 Å². The van der Waals surface area contributed by atoms with E-state index in [1.54, 1.807) is 12.1 Å². The van der Waals surface area contributed by atoms with Gasteiger partial charge in [0, 0.05) is 22.5 Å². The van der Waals surface area contributed by atoms with Crippen molar-refractivity contribution in [2.45, 2.75) is 36.5 Å². The third-order valence-corrected chi connectivity index (χ3v) is 7.43. The van der Waals surface area contributed by atoms with E-state index >= 15 is 0 Å². The van der Waals surface area contributed by atoms with Crippen molar-refractivity contribution in [3.05, 3.63) is 70.8 Å². The molecule has 0 radical (unpaired) electrons. The van der Waals surface area contributed by atoms with Crippen LogP contribution in [0, 0.1) is 5.92 Å². The minimum Gasteiger partial charge on any atom is -0.504 e. The first-order valence-electron chi connectivity index (χ1n) is 10.2. The van der Waals surface area contributed by atoms with Gasteiger partial charge in [0.2, 0.25) is 0 Å². The molecule has 1 spiro atoms. The number of ketones is 1. The molecule has 2 aliphatic carbocycles. The molecule has 0 unspecified atom stereocenters. The van der Waals surface area contributed by atoms with Crippen LogP contribution in [0.1, 0.15) is 33.5 Å². The lowest BCUT2D eigenvalue weighted by molar-refractivity contribution is -0.0386. The smallest absolute Gasteiger partial charge is 0.181 e. The molecule has 2 bridgehead atoms. The Balaban J connectivity index is 1.63. The highest BCUT2D eigenvalue weighted by molar-refractivity contribution is 6.06. The van der Waals surface area contributed by atoms with Crippen molar-refractivity contribution in [1.29, 1.82) is 0 Å². The van der Waals surface area contributed by atoms with Crippen LogP contribution in [0.15, 0.2) is 48.6 Å². The zero-order chi connectivity index (χ0) is 19.9. The monoisotopic (exact) mass is 389 g/mol. The van der Waals surface area contributed by atoms with Crippen LogP contribution < -0.4 is 4.74 Å². The largest absolute Gasteiger partial charge is 0.504 e. The third kappa shape index (κ3) is 2.04. The van der Waals surface area contributed by atoms with E-state index in [2.05, 4.69) is 4.90 Å². The summed E-state index contributed by atoms with van der Waals surface area (Å²) in [7, 11) is 2.00. The summed E-state index contributed by atoms with van der Waals surface area (Å²) >= 11 is 0. The van der Waals surface area contributed by atoms with Crippen LogP contribution >= 0.6 is 0 Å². The van der Waals surface area contributed by atoms with Crippen LogP contribution in [0.4, 0.5) is 0 Å². The Kier molecular flexibility index (Phi) is 3.40. The number of hydrogen-bond donors (Lipinski definition) is 2. The summed E-state index contributed by atoms with van der Waals surface area (Å²) in [4.78, 5) is 15.9. The zero-order valence-electron chi connectivity index (χ0n) is 16.2. The summed E-state index contributed by atoms with van der Waals surface area (Å²) in [5.41, 5.74) is 2.99. The molecular formula is C24H23NO4. The molecule has 2 N–H and O–H groups in total. The molecule has 5 heteroatoms. The fraction of sp³-hybridized carbons (Fsp3) is 0.375. The third-order valence-electron chi connectivity index (χ3n) is 7.43. The fourth-order valence-corrected chi connectivity index (χ4v) is 6.22. The number of aliphatic hydroxyl groups is 1. The molecule has 4 aliphatic rings. The van der Waals surface area contributed by atoms with E-state index in [1.807, 2.05) is 43.5 Å². The van der Waals surface area contributed by atoms with Crippen molar-refractivity contribution < 1.29 is 19.7 Å². The lowest BCUT2D eigenvalue weighted by atomic mass is 9.52. The van der Waals surface area contributed by atoms with Crippen LogP contribution in [0.5, 0.6) is 11.5 Å². The van der Waals surface area contributed by atoms with Crippen LogP contribution in [0.3, 0.4) is 0 Å². The summed E-state index contributed by atoms with van der Waals surface area (Å²) in [6.07, 6.45) is 3.91. The summed E-state index contributed by atoms with van der Waals surface area (Å²) in [5.74, 6) is 0.503. The second-order valence-corrected chi connectivity index (χ2v) is 8.82. The zero-order valence-corrected chi connectivity index (χ0v) is 16.2. The molecule has 1 saturated heterocycles. The highest BCUT2D eigenvalue weighted by Crippen LogP contribution is 2.63. The fourth-order valence-electron chi connectivity index (χ4n) is 6.22. The van der Waals surface area contributed by atoms with Crippen molar-refractivity contribution in [2.75, 3.05) is 13.6 Å². The Morgan fingerprint density at radius 2 is 2.03 bits per heavy atom. The number of benzene rings is 2. The Labute approximate surface area is 169 Å². The molecule has 29 heavy (non-hydrogen) atoms. The number of phenolic OH excluding ortho intramolecular Hbond substituents is 1. The summed E-state index contributed by atoms with van der Waals surface area (Å²) < 4.78 is 6.19. The van der Waals surface area contributed by atoms with Gasteiger partial charge in [-0.15, -0.1) is 0 Å². The van der Waals surface area contributed by atoms with Crippen molar-refractivity contribution >= 4 is 5.78 Å². The molecule has 5 nitrogen and oxygen atoms in total. The van der Waals surface area contributed by atoms with Crippen LogP contribution in [-0.4, -0.2) is 52.7 Å². The molecule has 2 heterocycles. The van der Waals surface area contributed by atoms with Crippen molar-refractivity contribution in [3.8, 4) is 11.5 Å². The number of likely N-dealkylation sites (N-methyl/N-ethyl adjacent to an activating group) is 1. The number of hydrogen-bond acceptors (Lipinski definition) is 5. The van der Waals surface area contributed by atoms with E-state index in [-0.39, 0.29) is 23.5 Å². The molecule has 5 atom stereocenters. The van der Waals surface area contributed by atoms with Gasteiger partial charge in [-0.3, -0.25) is 9.69 Å². The maximum Gasteiger partial charge on any atom is 0.181 e. The second-order valence-electron chi connectivity index (χ2n) is 8.82. The molecular weight excluding hydrogens is 366 g/mol. The van der Waals surface area contributed by atoms with E-state index in [9.17, 15) is 15.0 Å². The standard InChI is InChI=1S/C24H23NO4/c1-25-10-9-24-15-7-8-16(26)23(24)29-22-17(27)12-14(11-13-5-3-2-4-6-13)18(19(22)24)21(28)20(15)25/h2-8,12,15-16,20,23,26-27H,9-11H2,1H3/t15-,16-,20-,23-,24-/m0/s1. The summed E-state index contributed by atoms with van der Waals surface area (Å²) in [5, 5.41) is 21.6. The quantitative estimate of drug-likeness (QED) is 0.772. The van der Waals surface area contributed by atoms with Gasteiger partial charge in [-0.2, -0.15) is 0 Å². The highest BCUT2D eigenvalue weighted by Gasteiger charge is 2.66. The molecule has 2 aliphatic heterocycles. The molecule has 0 saturated carbocycles. The van der Waals surface area contributed by atoms with E-state index in [1.165, 1.54) is 0 Å². The first-order chi connectivity index (χ1) is 14.0. The lowest BCUT2D eigenvalue weighted by Crippen LogP contribution is -2.66. The second kappa shape index (κ2) is 5.71. The van der Waals surface area contributed by atoms with Gasteiger partial charge in [0.1, 0.15) is 12.2 Å². The number of phenols is 1. The number of likely N-dealkylation sites (tertiary alicyclic amines) is 1. The van der Waals surface area contributed by atoms with E-state index in [0.717, 1.165) is 29.7 Å². The van der Waals surface area contributed by atoms with Gasteiger partial charge in [0.25, 0.3) is 0 Å². The Hall–Kier alpha value is -2.63. The number of carbonyl (C=O) groups is 1. The van der Waals surface area contributed by atoms with Gasteiger partial charge < -0.3 is 14.9 Å². The average Bonchev–Trinajstić information content (AvgIpc) is 3.06. The minimum absolute atomic E-state index is 0.0534. The van der Waals surface area contributed by atoms with Gasteiger partial charge in [-0.05, 0) is 43.6 Å². The number of aliphatic hydroxyl groups excluding tert-OH is 1. The predicted molar refractivity (Wildman–Crippen MR) is 107 cm³/mol. The normalized spacial score (nSPS) is 34.1. The Morgan fingerprint density at radius 3 is 2.83 bits per heavy atom. The van der Waals surface area contributed by atoms with E-state index in [4.69, 9.17) is 4.74 Å². The van der Waals surface area contributed by atoms with Crippen LogP contribution in [0.25, 0.3) is 0 Å². The van der Waals surface area contributed by atoms with E-state index in [0.29, 0.717) is 17.7 Å². The summed E-state index contributed by atoms with van der Waals surface area (Å²) in [6.45, 7) is 0.760. The number of ether oxygens (including phenoxy) is 1. The molecule has 2 aromatic carbocycles. The molecule has 0 amide bonds. The Morgan fingerprint density at radius 1 is 1.24 bits per heavy atom. The van der Waals surface area contributed by atoms with Gasteiger partial charge in [0.05, 0.1) is 6.04 Å². The van der Waals surface area contributed by atoms with Gasteiger partial charge in [-0.25, -0.2) is 0 Å². The van der Waals surface area contributed by atoms with Gasteiger partial charge in [-0.1, -0.05) is 42.5 Å². The van der Waals surface area contributed by atoms with Crippen molar-refractivity contribution in [1.82, 2.24) is 4.90 Å². The molecule has 0 aromatic heterocycles. The molecule has 1 fully saturated rings. The first kappa shape index (κ1) is 17.2. The average molecular weight is 389 g/mol. The van der Waals surface area contributed by atoms with Crippen LogP contribution in [-0.2, 0) is 11.8 Å². The summed E-state index contributed by atoms with van der Waals surface area (Å²) in [6, 6.07) is 11.4. The predicted octanol–water partition coefficient (Wildman–Crippen LogP) is 2.43. The minimum atomic E-state index is -0.749. The van der Waals surface area contributed by atoms with Gasteiger partial charge >= 0.3 is 0 Å². The number of rotatable bonds is 2. The first-order valence-corrected chi connectivity index (χ1v) is 10.2. The number of nitrogens with zero attached hydrogens (tertiary/aromatic N) is 1. The lowest BCUT2D eigenvalue weighted by Gasteiger charge is -2.55. The number of aromatic hydroxyl groups is 1. The topological polar surface area (TPSA) is 70.0 Å². The highest BCUT2D eigenvalue weighted by atomic mass is 16.5. The Bertz CT molecular complexity index is 1060.